The number of hydrogen-bond acceptors (Lipinski definition) is 6. The van der Waals surface area contributed by atoms with Gasteiger partial charge in [-0.1, -0.05) is 0 Å². The van der Waals surface area contributed by atoms with Crippen molar-refractivity contribution >= 4 is 29.7 Å². The number of nitrogens with one attached hydrogen (secondary N) is 2. The largest absolute Gasteiger partial charge is 0.481 e. The first-order valence-electron chi connectivity index (χ1n) is 6.63. The fraction of sp³-hybridized carbons (Fsp3) is 0.583. The molecule has 0 aromatic heterocycles. The van der Waals surface area contributed by atoms with Gasteiger partial charge in [0.2, 0.25) is 11.8 Å². The van der Waals surface area contributed by atoms with E-state index in [1.54, 1.807) is 0 Å². The third kappa shape index (κ3) is 9.03. The van der Waals surface area contributed by atoms with Crippen molar-refractivity contribution in [3.63, 3.8) is 0 Å². The van der Waals surface area contributed by atoms with E-state index in [-0.39, 0.29) is 12.8 Å². The van der Waals surface area contributed by atoms with Crippen molar-refractivity contribution in [2.24, 2.45) is 5.73 Å². The molecule has 0 aromatic carbocycles. The Morgan fingerprint density at radius 2 is 1.30 bits per heavy atom. The molecule has 11 nitrogen and oxygen atoms in total. The maximum Gasteiger partial charge on any atom is 0.326 e. The van der Waals surface area contributed by atoms with Gasteiger partial charge in [-0.2, -0.15) is 0 Å². The summed E-state index contributed by atoms with van der Waals surface area (Å²) in [6.07, 6.45) is -1.53. The molecule has 7 N–H and O–H groups in total. The summed E-state index contributed by atoms with van der Waals surface area (Å²) in [4.78, 5) is 55.3. The van der Waals surface area contributed by atoms with Gasteiger partial charge in [0.15, 0.2) is 0 Å². The molecule has 0 rings (SSSR count). The van der Waals surface area contributed by atoms with Crippen LogP contribution in [-0.2, 0) is 24.0 Å². The summed E-state index contributed by atoms with van der Waals surface area (Å²) >= 11 is 0. The number of amides is 2. The molecule has 0 aliphatic carbocycles. The van der Waals surface area contributed by atoms with Crippen molar-refractivity contribution in [2.45, 2.75) is 37.8 Å². The lowest BCUT2D eigenvalue weighted by Gasteiger charge is -2.20. The highest BCUT2D eigenvalue weighted by Crippen LogP contribution is 2.03. The van der Waals surface area contributed by atoms with Gasteiger partial charge >= 0.3 is 17.9 Å². The van der Waals surface area contributed by atoms with Crippen LogP contribution in [0, 0.1) is 0 Å². The molecule has 2 unspecified atom stereocenters. The number of carboxylic acids is 3. The molecule has 0 aliphatic rings. The van der Waals surface area contributed by atoms with Crippen LogP contribution in [0.3, 0.4) is 0 Å². The Balaban J connectivity index is 4.86. The minimum absolute atomic E-state index is 0.266. The summed E-state index contributed by atoms with van der Waals surface area (Å²) in [7, 11) is 0. The SMILES string of the molecule is NCC(=O)NC(CCC(=O)O)C(=O)NC(CCC(=O)O)C(=O)O. The van der Waals surface area contributed by atoms with Gasteiger partial charge in [-0.05, 0) is 12.8 Å². The van der Waals surface area contributed by atoms with Crippen LogP contribution in [0.5, 0.6) is 0 Å². The lowest BCUT2D eigenvalue weighted by atomic mass is 10.1. The topological polar surface area (TPSA) is 196 Å². The Morgan fingerprint density at radius 3 is 1.70 bits per heavy atom. The fourth-order valence-electron chi connectivity index (χ4n) is 1.59. The van der Waals surface area contributed by atoms with Crippen molar-refractivity contribution in [3.05, 3.63) is 0 Å². The first-order chi connectivity index (χ1) is 10.7. The van der Waals surface area contributed by atoms with Crippen molar-refractivity contribution < 1.29 is 39.3 Å². The van der Waals surface area contributed by atoms with E-state index in [9.17, 15) is 24.0 Å². The highest BCUT2D eigenvalue weighted by Gasteiger charge is 2.27. The molecule has 130 valence electrons. The van der Waals surface area contributed by atoms with Crippen LogP contribution in [0.25, 0.3) is 0 Å². The highest BCUT2D eigenvalue weighted by atomic mass is 16.4. The molecule has 23 heavy (non-hydrogen) atoms. The Labute approximate surface area is 130 Å². The van der Waals surface area contributed by atoms with E-state index in [0.717, 1.165) is 0 Å². The number of carbonyl (C=O) groups excluding carboxylic acids is 2. The van der Waals surface area contributed by atoms with E-state index in [4.69, 9.17) is 21.1 Å². The molecule has 0 aliphatic heterocycles. The molecule has 0 aromatic rings. The first kappa shape index (κ1) is 20.3. The van der Waals surface area contributed by atoms with E-state index in [1.165, 1.54) is 0 Å². The second kappa shape index (κ2) is 10.1. The number of rotatable bonds is 11. The van der Waals surface area contributed by atoms with Gasteiger partial charge in [-0.3, -0.25) is 19.2 Å². The summed E-state index contributed by atoms with van der Waals surface area (Å²) < 4.78 is 0. The first-order valence-corrected chi connectivity index (χ1v) is 6.63. The monoisotopic (exact) mass is 333 g/mol. The number of hydrogen-bond donors (Lipinski definition) is 6. The zero-order valence-corrected chi connectivity index (χ0v) is 12.2. The van der Waals surface area contributed by atoms with Gasteiger partial charge in [0.1, 0.15) is 12.1 Å². The van der Waals surface area contributed by atoms with Crippen LogP contribution in [-0.4, -0.2) is 63.7 Å². The predicted octanol–water partition coefficient (Wildman–Crippen LogP) is -2.27. The van der Waals surface area contributed by atoms with Crippen LogP contribution in [0.4, 0.5) is 0 Å². The minimum atomic E-state index is -1.47. The number of carboxylic acid groups (broad SMARTS) is 3. The molecule has 2 atom stereocenters. The highest BCUT2D eigenvalue weighted by molar-refractivity contribution is 5.91. The smallest absolute Gasteiger partial charge is 0.326 e. The maximum absolute atomic E-state index is 12.0. The van der Waals surface area contributed by atoms with Crippen LogP contribution in [0.15, 0.2) is 0 Å². The van der Waals surface area contributed by atoms with Gasteiger partial charge in [-0.25, -0.2) is 4.79 Å². The molecule has 2 amide bonds. The predicted molar refractivity (Wildman–Crippen MR) is 74.3 cm³/mol. The molecule has 0 fully saturated rings. The van der Waals surface area contributed by atoms with E-state index < -0.39 is 61.2 Å². The average molecular weight is 333 g/mol. The second-order valence-electron chi connectivity index (χ2n) is 4.59. The Morgan fingerprint density at radius 1 is 0.826 bits per heavy atom. The maximum atomic E-state index is 12.0. The molecule has 0 bridgehead atoms. The van der Waals surface area contributed by atoms with Crippen LogP contribution in [0.2, 0.25) is 0 Å². The molecule has 0 radical (unpaired) electrons. The Kier molecular flexibility index (Phi) is 8.92. The lowest BCUT2D eigenvalue weighted by Crippen LogP contribution is -2.52. The molecule has 0 heterocycles. The van der Waals surface area contributed by atoms with Crippen molar-refractivity contribution in [1.82, 2.24) is 10.6 Å². The molecular formula is C12H19N3O8. The zero-order chi connectivity index (χ0) is 18.0. The Hall–Kier alpha value is -2.69. The lowest BCUT2D eigenvalue weighted by molar-refractivity contribution is -0.144. The van der Waals surface area contributed by atoms with Gasteiger partial charge in [0.25, 0.3) is 0 Å². The second-order valence-corrected chi connectivity index (χ2v) is 4.59. The molecule has 0 saturated heterocycles. The molecule has 11 heteroatoms. The zero-order valence-electron chi connectivity index (χ0n) is 12.2. The van der Waals surface area contributed by atoms with E-state index in [2.05, 4.69) is 10.6 Å². The summed E-state index contributed by atoms with van der Waals surface area (Å²) in [5.41, 5.74) is 5.09. The molecular weight excluding hydrogens is 314 g/mol. The van der Waals surface area contributed by atoms with Gasteiger partial charge < -0.3 is 31.7 Å². The van der Waals surface area contributed by atoms with Crippen molar-refractivity contribution in [3.8, 4) is 0 Å². The number of carbonyl (C=O) groups is 5. The molecule has 0 saturated carbocycles. The standard InChI is InChI=1S/C12H19N3O8/c13-5-8(16)14-6(1-3-9(17)18)11(21)15-7(12(22)23)2-4-10(19)20/h6-7H,1-5,13H2,(H,14,16)(H,15,21)(H,17,18)(H,19,20)(H,22,23). The van der Waals surface area contributed by atoms with Crippen LogP contribution in [0.1, 0.15) is 25.7 Å². The van der Waals surface area contributed by atoms with Crippen LogP contribution >= 0.6 is 0 Å². The normalized spacial score (nSPS) is 12.7. The van der Waals surface area contributed by atoms with Gasteiger partial charge in [0.05, 0.1) is 6.54 Å². The van der Waals surface area contributed by atoms with E-state index in [0.29, 0.717) is 0 Å². The summed E-state index contributed by atoms with van der Waals surface area (Å²) in [5, 5.41) is 30.4. The molecule has 0 spiro atoms. The summed E-state index contributed by atoms with van der Waals surface area (Å²) in [5.74, 6) is -5.52. The third-order valence-corrected chi connectivity index (χ3v) is 2.75. The van der Waals surface area contributed by atoms with Gasteiger partial charge in [-0.15, -0.1) is 0 Å². The third-order valence-electron chi connectivity index (χ3n) is 2.75. The van der Waals surface area contributed by atoms with Crippen LogP contribution < -0.4 is 16.4 Å². The van der Waals surface area contributed by atoms with Crippen molar-refractivity contribution in [1.29, 1.82) is 0 Å². The number of aliphatic carboxylic acids is 3. The fourth-order valence-corrected chi connectivity index (χ4v) is 1.59. The average Bonchev–Trinajstić information content (AvgIpc) is 2.46. The van der Waals surface area contributed by atoms with E-state index >= 15 is 0 Å². The Bertz CT molecular complexity index is 479. The minimum Gasteiger partial charge on any atom is -0.481 e. The summed E-state index contributed by atoms with van der Waals surface area (Å²) in [6, 6.07) is -2.76. The van der Waals surface area contributed by atoms with E-state index in [1.807, 2.05) is 0 Å². The van der Waals surface area contributed by atoms with Gasteiger partial charge in [0, 0.05) is 12.8 Å². The quantitative estimate of drug-likeness (QED) is 0.241. The summed E-state index contributed by atoms with van der Waals surface area (Å²) in [6.45, 7) is -0.432. The van der Waals surface area contributed by atoms with Crippen molar-refractivity contribution in [2.75, 3.05) is 6.54 Å². The number of nitrogens with two attached hydrogens (primary N) is 1.